The Morgan fingerprint density at radius 3 is 2.79 bits per heavy atom. The molecular weight excluding hydrogens is 360 g/mol. The molecule has 2 heterocycles. The summed E-state index contributed by atoms with van der Waals surface area (Å²) in [5.74, 6) is -0.0537. The minimum Gasteiger partial charge on any atom is -0.465 e. The van der Waals surface area contributed by atoms with Gasteiger partial charge in [0.15, 0.2) is 0 Å². The Hall–Kier alpha value is -1.40. The molecule has 0 aromatic rings. The van der Waals surface area contributed by atoms with Crippen molar-refractivity contribution in [2.75, 3.05) is 19.8 Å². The number of fused-ring (bicyclic) bond motifs is 2. The van der Waals surface area contributed by atoms with E-state index in [-0.39, 0.29) is 35.5 Å². The van der Waals surface area contributed by atoms with E-state index >= 15 is 0 Å². The van der Waals surface area contributed by atoms with Gasteiger partial charge < -0.3 is 19.3 Å². The van der Waals surface area contributed by atoms with Gasteiger partial charge >= 0.3 is 11.9 Å². The first-order chi connectivity index (χ1) is 13.3. The molecule has 0 bridgehead atoms. The summed E-state index contributed by atoms with van der Waals surface area (Å²) in [5, 5.41) is 11.3. The van der Waals surface area contributed by atoms with Gasteiger partial charge in [-0.25, -0.2) is 4.79 Å². The van der Waals surface area contributed by atoms with E-state index in [0.29, 0.717) is 32.0 Å². The van der Waals surface area contributed by atoms with E-state index in [1.165, 1.54) is 6.92 Å². The predicted octanol–water partition coefficient (Wildman–Crippen LogP) is 2.78. The fraction of sp³-hybridized carbons (Fsp3) is 0.818. The Kier molecular flexibility index (Phi) is 4.86. The van der Waals surface area contributed by atoms with Crippen molar-refractivity contribution < 1.29 is 28.9 Å². The zero-order chi connectivity index (χ0) is 20.2. The van der Waals surface area contributed by atoms with Gasteiger partial charge in [0.05, 0.1) is 18.1 Å². The number of hydrogen-bond acceptors (Lipinski definition) is 6. The van der Waals surface area contributed by atoms with E-state index in [1.54, 1.807) is 0 Å². The van der Waals surface area contributed by atoms with Gasteiger partial charge in [-0.15, -0.1) is 0 Å². The summed E-state index contributed by atoms with van der Waals surface area (Å²) in [6.07, 6.45) is 6.45. The van der Waals surface area contributed by atoms with E-state index in [9.17, 15) is 14.7 Å². The number of aliphatic hydroxyl groups excluding tert-OH is 1. The third-order valence-electron chi connectivity index (χ3n) is 8.38. The Labute approximate surface area is 166 Å². The number of carbonyl (C=O) groups is 2. The predicted molar refractivity (Wildman–Crippen MR) is 101 cm³/mol. The maximum Gasteiger partial charge on any atom is 0.334 e. The number of aliphatic hydroxyl groups is 1. The molecule has 0 radical (unpaired) electrons. The second kappa shape index (κ2) is 6.84. The molecule has 2 saturated carbocycles. The molecule has 2 aliphatic carbocycles. The number of carbonyl (C=O) groups excluding carboxylic acids is 2. The SMILES string of the molecule is CC(=O)OCC12C(O)CC(C)C(C)(CCC3=CCOC3=O)C1CCCC21CO1. The van der Waals surface area contributed by atoms with Crippen molar-refractivity contribution in [2.24, 2.45) is 22.7 Å². The van der Waals surface area contributed by atoms with Crippen molar-refractivity contribution in [3.05, 3.63) is 11.6 Å². The Balaban J connectivity index is 1.67. The minimum atomic E-state index is -0.567. The van der Waals surface area contributed by atoms with E-state index in [0.717, 1.165) is 31.3 Å². The number of cyclic esters (lactones) is 1. The lowest BCUT2D eigenvalue weighted by atomic mass is 9.43. The topological polar surface area (TPSA) is 85.4 Å². The summed E-state index contributed by atoms with van der Waals surface area (Å²) >= 11 is 0. The Bertz CT molecular complexity index is 695. The third-order valence-corrected chi connectivity index (χ3v) is 8.38. The lowest BCUT2D eigenvalue weighted by Gasteiger charge is -2.62. The summed E-state index contributed by atoms with van der Waals surface area (Å²) in [6.45, 7) is 7.12. The van der Waals surface area contributed by atoms with E-state index in [4.69, 9.17) is 14.2 Å². The molecule has 3 fully saturated rings. The highest BCUT2D eigenvalue weighted by molar-refractivity contribution is 5.90. The van der Waals surface area contributed by atoms with Crippen LogP contribution in [-0.2, 0) is 23.8 Å². The van der Waals surface area contributed by atoms with Crippen LogP contribution < -0.4 is 0 Å². The quantitative estimate of drug-likeness (QED) is 0.572. The van der Waals surface area contributed by atoms with Gasteiger partial charge in [0.1, 0.15) is 18.8 Å². The van der Waals surface area contributed by atoms with Gasteiger partial charge in [0, 0.05) is 12.5 Å². The van der Waals surface area contributed by atoms with Gasteiger partial charge in [-0.05, 0) is 55.4 Å². The molecule has 0 aromatic carbocycles. The lowest BCUT2D eigenvalue weighted by Crippen LogP contribution is -2.66. The van der Waals surface area contributed by atoms with Gasteiger partial charge in [0.25, 0.3) is 0 Å². The largest absolute Gasteiger partial charge is 0.465 e. The van der Waals surface area contributed by atoms with E-state index in [2.05, 4.69) is 13.8 Å². The molecule has 28 heavy (non-hydrogen) atoms. The monoisotopic (exact) mass is 392 g/mol. The number of rotatable bonds is 5. The van der Waals surface area contributed by atoms with Crippen LogP contribution in [0.15, 0.2) is 11.6 Å². The molecule has 1 N–H and O–H groups in total. The third kappa shape index (κ3) is 2.83. The first-order valence-corrected chi connectivity index (χ1v) is 10.6. The molecule has 6 nitrogen and oxygen atoms in total. The van der Waals surface area contributed by atoms with Crippen LogP contribution in [0.4, 0.5) is 0 Å². The van der Waals surface area contributed by atoms with Crippen LogP contribution in [0.1, 0.15) is 59.3 Å². The van der Waals surface area contributed by atoms with Crippen LogP contribution in [0, 0.1) is 22.7 Å². The molecule has 2 aliphatic heterocycles. The number of esters is 2. The summed E-state index contributed by atoms with van der Waals surface area (Å²) in [4.78, 5) is 23.6. The first-order valence-electron chi connectivity index (χ1n) is 10.6. The Morgan fingerprint density at radius 1 is 1.43 bits per heavy atom. The van der Waals surface area contributed by atoms with E-state index < -0.39 is 11.5 Å². The standard InChI is InChI=1S/C22H32O6/c1-14-11-18(24)22(13-27-15(2)23)17(5-4-8-21(22)12-28-21)20(14,3)9-6-16-7-10-26-19(16)25/h7,14,17-18,24H,4-6,8-13H2,1-3H3. The molecule has 6 heteroatoms. The molecule has 0 amide bonds. The second-order valence-corrected chi connectivity index (χ2v) is 9.53. The average Bonchev–Trinajstić information content (AvgIpc) is 3.30. The van der Waals surface area contributed by atoms with Gasteiger partial charge in [0.2, 0.25) is 0 Å². The van der Waals surface area contributed by atoms with E-state index in [1.807, 2.05) is 6.08 Å². The Morgan fingerprint density at radius 2 is 2.18 bits per heavy atom. The van der Waals surface area contributed by atoms with Crippen LogP contribution in [0.25, 0.3) is 0 Å². The molecule has 0 aromatic heterocycles. The first kappa shape index (κ1) is 19.9. The summed E-state index contributed by atoms with van der Waals surface area (Å²) in [6, 6.07) is 0. The van der Waals surface area contributed by atoms with Gasteiger partial charge in [-0.2, -0.15) is 0 Å². The molecule has 6 atom stereocenters. The van der Waals surface area contributed by atoms with Crippen molar-refractivity contribution in [3.8, 4) is 0 Å². The highest BCUT2D eigenvalue weighted by atomic mass is 16.6. The molecule has 1 spiro atoms. The number of epoxide rings is 1. The van der Waals surface area contributed by atoms with Gasteiger partial charge in [-0.3, -0.25) is 4.79 Å². The van der Waals surface area contributed by atoms with Crippen molar-refractivity contribution in [3.63, 3.8) is 0 Å². The second-order valence-electron chi connectivity index (χ2n) is 9.53. The van der Waals surface area contributed by atoms with Crippen LogP contribution in [0.5, 0.6) is 0 Å². The normalized spacial score (nSPS) is 44.6. The molecule has 4 rings (SSSR count). The molecule has 4 aliphatic rings. The minimum absolute atomic E-state index is 0.0809. The number of hydrogen-bond donors (Lipinski definition) is 1. The zero-order valence-electron chi connectivity index (χ0n) is 17.2. The molecule has 1 saturated heterocycles. The zero-order valence-corrected chi connectivity index (χ0v) is 17.2. The van der Waals surface area contributed by atoms with Crippen LogP contribution in [-0.4, -0.2) is 48.6 Å². The molecular formula is C22H32O6. The molecule has 6 unspecified atom stereocenters. The fourth-order valence-electron chi connectivity index (χ4n) is 6.48. The number of ether oxygens (including phenoxy) is 3. The van der Waals surface area contributed by atoms with Crippen molar-refractivity contribution in [1.82, 2.24) is 0 Å². The highest BCUT2D eigenvalue weighted by Crippen LogP contribution is 2.68. The maximum atomic E-state index is 11.9. The van der Waals surface area contributed by atoms with Crippen LogP contribution in [0.3, 0.4) is 0 Å². The molecule has 156 valence electrons. The van der Waals surface area contributed by atoms with Crippen molar-refractivity contribution >= 4 is 11.9 Å². The smallest absolute Gasteiger partial charge is 0.334 e. The van der Waals surface area contributed by atoms with Crippen molar-refractivity contribution in [1.29, 1.82) is 0 Å². The fourth-order valence-corrected chi connectivity index (χ4v) is 6.48. The summed E-state index contributed by atoms with van der Waals surface area (Å²) in [5.41, 5.74) is -0.263. The van der Waals surface area contributed by atoms with Crippen LogP contribution >= 0.6 is 0 Å². The summed E-state index contributed by atoms with van der Waals surface area (Å²) < 4.78 is 16.6. The summed E-state index contributed by atoms with van der Waals surface area (Å²) in [7, 11) is 0. The van der Waals surface area contributed by atoms with Crippen LogP contribution in [0.2, 0.25) is 0 Å². The van der Waals surface area contributed by atoms with Gasteiger partial charge in [-0.1, -0.05) is 20.3 Å². The average molecular weight is 392 g/mol. The lowest BCUT2D eigenvalue weighted by molar-refractivity contribution is -0.218. The highest BCUT2D eigenvalue weighted by Gasteiger charge is 2.73. The maximum absolute atomic E-state index is 11.9. The van der Waals surface area contributed by atoms with Crippen molar-refractivity contribution in [2.45, 2.75) is 71.0 Å².